The van der Waals surface area contributed by atoms with Crippen LogP contribution in [-0.2, 0) is 4.74 Å². The van der Waals surface area contributed by atoms with Crippen molar-refractivity contribution in [2.75, 3.05) is 41.8 Å². The summed E-state index contributed by atoms with van der Waals surface area (Å²) in [6.45, 7) is 4.38. The van der Waals surface area contributed by atoms with Crippen molar-refractivity contribution in [3.63, 3.8) is 0 Å². The molecule has 0 saturated carbocycles. The molecule has 0 bridgehead atoms. The van der Waals surface area contributed by atoms with Crippen LogP contribution in [-0.4, -0.2) is 46.5 Å². The summed E-state index contributed by atoms with van der Waals surface area (Å²) in [5, 5.41) is 15.8. The van der Waals surface area contributed by atoms with Gasteiger partial charge in [0.1, 0.15) is 11.6 Å². The van der Waals surface area contributed by atoms with Crippen molar-refractivity contribution in [1.29, 1.82) is 0 Å². The summed E-state index contributed by atoms with van der Waals surface area (Å²) >= 11 is 0. The molecule has 1 saturated heterocycles. The van der Waals surface area contributed by atoms with E-state index in [0.29, 0.717) is 49.4 Å². The zero-order chi connectivity index (χ0) is 21.9. The second-order valence-electron chi connectivity index (χ2n) is 7.48. The number of nitrogens with zero attached hydrogens (tertiary/aromatic N) is 5. The number of nitrogens with one attached hydrogen (secondary N) is 2. The predicted molar refractivity (Wildman–Crippen MR) is 122 cm³/mol. The molecule has 0 atom stereocenters. The van der Waals surface area contributed by atoms with Crippen molar-refractivity contribution in [2.24, 2.45) is 0 Å². The van der Waals surface area contributed by atoms with E-state index in [1.54, 1.807) is 24.5 Å². The molecule has 162 valence electrons. The zero-order valence-electron chi connectivity index (χ0n) is 17.5. The summed E-state index contributed by atoms with van der Waals surface area (Å²) in [6.07, 6.45) is 3.31. The van der Waals surface area contributed by atoms with Crippen LogP contribution in [0.25, 0.3) is 10.9 Å². The van der Waals surface area contributed by atoms with Gasteiger partial charge in [-0.2, -0.15) is 15.2 Å². The molecule has 2 N–H and O–H groups in total. The molecule has 2 aromatic heterocycles. The lowest BCUT2D eigenvalue weighted by atomic mass is 10.1. The second-order valence-corrected chi connectivity index (χ2v) is 7.48. The molecule has 3 heterocycles. The van der Waals surface area contributed by atoms with Gasteiger partial charge in [-0.05, 0) is 30.7 Å². The fraction of sp³-hybridized carbons (Fsp3) is 0.217. The maximum Gasteiger partial charge on any atom is 0.229 e. The molecule has 9 heteroatoms. The summed E-state index contributed by atoms with van der Waals surface area (Å²) in [5.74, 6) is 0.649. The molecule has 2 aromatic carbocycles. The summed E-state index contributed by atoms with van der Waals surface area (Å²) in [6, 6.07) is 12.7. The van der Waals surface area contributed by atoms with E-state index in [1.165, 1.54) is 6.07 Å². The van der Waals surface area contributed by atoms with E-state index in [-0.39, 0.29) is 5.82 Å². The Balaban J connectivity index is 1.43. The van der Waals surface area contributed by atoms with Gasteiger partial charge in [0.05, 0.1) is 42.0 Å². The van der Waals surface area contributed by atoms with E-state index in [4.69, 9.17) is 4.74 Å². The number of ether oxygens (including phenoxy) is 1. The van der Waals surface area contributed by atoms with Gasteiger partial charge in [0.25, 0.3) is 0 Å². The predicted octanol–water partition coefficient (Wildman–Crippen LogP) is 4.19. The van der Waals surface area contributed by atoms with Crippen LogP contribution >= 0.6 is 0 Å². The molecular weight excluding hydrogens is 409 g/mol. The lowest BCUT2D eigenvalue weighted by Crippen LogP contribution is -2.37. The highest BCUT2D eigenvalue weighted by Crippen LogP contribution is 2.32. The van der Waals surface area contributed by atoms with Gasteiger partial charge in [-0.3, -0.25) is 0 Å². The summed E-state index contributed by atoms with van der Waals surface area (Å²) in [4.78, 5) is 10.8. The SMILES string of the molecule is Cc1cccc2c(Nc3ccnc(Nc4cccc(F)c4N4CCOCC4)n3)cnnc12. The number of hydrogen-bond acceptors (Lipinski definition) is 8. The van der Waals surface area contributed by atoms with Crippen molar-refractivity contribution in [3.05, 3.63) is 66.2 Å². The van der Waals surface area contributed by atoms with Gasteiger partial charge in [0.15, 0.2) is 0 Å². The Labute approximate surface area is 184 Å². The van der Waals surface area contributed by atoms with Crippen molar-refractivity contribution < 1.29 is 9.13 Å². The molecule has 1 aliphatic rings. The maximum atomic E-state index is 14.7. The van der Waals surface area contributed by atoms with E-state index < -0.39 is 0 Å². The minimum absolute atomic E-state index is 0.295. The average Bonchev–Trinajstić information content (AvgIpc) is 2.81. The van der Waals surface area contributed by atoms with Gasteiger partial charge in [0.2, 0.25) is 5.95 Å². The largest absolute Gasteiger partial charge is 0.378 e. The van der Waals surface area contributed by atoms with Crippen molar-refractivity contribution in [1.82, 2.24) is 20.2 Å². The number of hydrogen-bond donors (Lipinski definition) is 2. The van der Waals surface area contributed by atoms with Gasteiger partial charge in [-0.1, -0.05) is 24.3 Å². The number of morpholine rings is 1. The van der Waals surface area contributed by atoms with E-state index in [0.717, 1.165) is 22.2 Å². The molecule has 0 radical (unpaired) electrons. The Bertz CT molecular complexity index is 1260. The second kappa shape index (κ2) is 8.72. The number of halogens is 1. The third-order valence-electron chi connectivity index (χ3n) is 5.35. The Morgan fingerprint density at radius 3 is 2.72 bits per heavy atom. The number of anilines is 5. The normalized spacial score (nSPS) is 13.9. The quantitative estimate of drug-likeness (QED) is 0.486. The Hall–Kier alpha value is -3.85. The van der Waals surface area contributed by atoms with Crippen molar-refractivity contribution in [3.8, 4) is 0 Å². The maximum absolute atomic E-state index is 14.7. The number of benzene rings is 2. The first-order valence-corrected chi connectivity index (χ1v) is 10.4. The van der Waals surface area contributed by atoms with Crippen LogP contribution in [0.5, 0.6) is 0 Å². The molecule has 0 amide bonds. The Morgan fingerprint density at radius 1 is 1.00 bits per heavy atom. The van der Waals surface area contributed by atoms with Gasteiger partial charge < -0.3 is 20.3 Å². The number of aryl methyl sites for hydroxylation is 1. The molecule has 32 heavy (non-hydrogen) atoms. The van der Waals surface area contributed by atoms with E-state index in [2.05, 4.69) is 30.8 Å². The van der Waals surface area contributed by atoms with Crippen molar-refractivity contribution in [2.45, 2.75) is 6.92 Å². The van der Waals surface area contributed by atoms with Gasteiger partial charge in [-0.15, -0.1) is 0 Å². The standard InChI is InChI=1S/C23H22FN7O/c1-15-4-2-5-16-19(14-26-30-21(15)16)27-20-8-9-25-23(29-20)28-18-7-3-6-17(24)22(18)31-10-12-32-13-11-31/h2-9,14H,10-13H2,1H3,(H2,25,27,28,29,30). The lowest BCUT2D eigenvalue weighted by Gasteiger charge is -2.30. The van der Waals surface area contributed by atoms with Crippen LogP contribution in [0, 0.1) is 12.7 Å². The Kier molecular flexibility index (Phi) is 5.47. The van der Waals surface area contributed by atoms with E-state index in [1.807, 2.05) is 36.1 Å². The minimum Gasteiger partial charge on any atom is -0.378 e. The molecule has 5 rings (SSSR count). The molecule has 1 aliphatic heterocycles. The number of para-hydroxylation sites is 1. The zero-order valence-corrected chi connectivity index (χ0v) is 17.5. The monoisotopic (exact) mass is 431 g/mol. The van der Waals surface area contributed by atoms with Gasteiger partial charge in [0, 0.05) is 24.7 Å². The number of fused-ring (bicyclic) bond motifs is 1. The number of rotatable bonds is 5. The number of aromatic nitrogens is 4. The van der Waals surface area contributed by atoms with Crippen LogP contribution in [0.4, 0.5) is 33.2 Å². The molecule has 4 aromatic rings. The molecule has 0 unspecified atom stereocenters. The fourth-order valence-corrected chi connectivity index (χ4v) is 3.79. The first kappa shape index (κ1) is 20.1. The molecule has 0 aliphatic carbocycles. The van der Waals surface area contributed by atoms with Crippen LogP contribution < -0.4 is 15.5 Å². The Morgan fingerprint density at radius 2 is 1.84 bits per heavy atom. The molecule has 1 fully saturated rings. The molecule has 8 nitrogen and oxygen atoms in total. The van der Waals surface area contributed by atoms with Crippen LogP contribution in [0.3, 0.4) is 0 Å². The highest BCUT2D eigenvalue weighted by molar-refractivity contribution is 5.93. The molecule has 0 spiro atoms. The van der Waals surface area contributed by atoms with E-state index >= 15 is 0 Å². The lowest BCUT2D eigenvalue weighted by molar-refractivity contribution is 0.122. The third kappa shape index (κ3) is 4.02. The highest BCUT2D eigenvalue weighted by Gasteiger charge is 2.19. The first-order valence-electron chi connectivity index (χ1n) is 10.4. The topological polar surface area (TPSA) is 88.1 Å². The van der Waals surface area contributed by atoms with Crippen LogP contribution in [0.15, 0.2) is 54.9 Å². The summed E-state index contributed by atoms with van der Waals surface area (Å²) < 4.78 is 20.1. The van der Waals surface area contributed by atoms with Gasteiger partial charge >= 0.3 is 0 Å². The van der Waals surface area contributed by atoms with Crippen LogP contribution in [0.1, 0.15) is 5.56 Å². The molecular formula is C23H22FN7O. The van der Waals surface area contributed by atoms with E-state index in [9.17, 15) is 4.39 Å². The average molecular weight is 431 g/mol. The highest BCUT2D eigenvalue weighted by atomic mass is 19.1. The first-order chi connectivity index (χ1) is 15.7. The fourth-order valence-electron chi connectivity index (χ4n) is 3.79. The third-order valence-corrected chi connectivity index (χ3v) is 5.35. The summed E-state index contributed by atoms with van der Waals surface area (Å²) in [7, 11) is 0. The minimum atomic E-state index is -0.295. The van der Waals surface area contributed by atoms with Gasteiger partial charge in [-0.25, -0.2) is 9.37 Å². The van der Waals surface area contributed by atoms with Crippen LogP contribution in [0.2, 0.25) is 0 Å². The summed E-state index contributed by atoms with van der Waals surface area (Å²) in [5.41, 5.74) is 3.78. The van der Waals surface area contributed by atoms with Crippen molar-refractivity contribution >= 4 is 39.7 Å². The smallest absolute Gasteiger partial charge is 0.229 e.